The van der Waals surface area contributed by atoms with E-state index in [0.717, 1.165) is 67.7 Å². The van der Waals surface area contributed by atoms with Gasteiger partial charge in [0.1, 0.15) is 22.7 Å². The molecule has 0 aliphatic rings. The minimum absolute atomic E-state index is 0.0770. The molecule has 0 amide bonds. The van der Waals surface area contributed by atoms with E-state index in [9.17, 15) is 14.0 Å². The van der Waals surface area contributed by atoms with Gasteiger partial charge in [-0.1, -0.05) is 54.6 Å². The highest BCUT2D eigenvalue weighted by molar-refractivity contribution is 7.00. The average Bonchev–Trinajstić information content (AvgIpc) is 3.49. The molecule has 0 fully saturated rings. The minimum atomic E-state index is -0.799. The summed E-state index contributed by atoms with van der Waals surface area (Å²) in [6, 6.07) is 30.1. The Bertz CT molecular complexity index is 2240. The fourth-order valence-electron chi connectivity index (χ4n) is 5.27. The molecule has 0 atom stereocenters. The molecule has 7 aromatic rings. The smallest absolute Gasteiger partial charge is 0.135 e. The van der Waals surface area contributed by atoms with Crippen LogP contribution in [0.15, 0.2) is 91.0 Å². The molecule has 5 aromatic carbocycles. The maximum Gasteiger partial charge on any atom is 0.135 e. The number of benzene rings is 5. The van der Waals surface area contributed by atoms with Gasteiger partial charge in [-0.2, -0.15) is 19.3 Å². The molecule has 0 aliphatic heterocycles. The maximum atomic E-state index is 14.7. The average molecular weight is 552 g/mol. The lowest BCUT2D eigenvalue weighted by Crippen LogP contribution is -1.94. The van der Waals surface area contributed by atoms with Crippen molar-refractivity contribution in [3.8, 4) is 45.6 Å². The predicted octanol–water partition coefficient (Wildman–Crippen LogP) is 8.42. The molecular weight excluding hydrogens is 536 g/mol. The number of nitrogens with zero attached hydrogens (tertiary/aromatic N) is 5. The van der Waals surface area contributed by atoms with Gasteiger partial charge in [-0.3, -0.25) is 0 Å². The summed E-state index contributed by atoms with van der Waals surface area (Å²) in [5.41, 5.74) is 6.01. The van der Waals surface area contributed by atoms with Crippen LogP contribution >= 0.6 is 11.7 Å². The van der Waals surface area contributed by atoms with Gasteiger partial charge in [-0.05, 0) is 53.1 Å². The predicted molar refractivity (Wildman–Crippen MR) is 156 cm³/mol. The van der Waals surface area contributed by atoms with Crippen LogP contribution in [0.2, 0.25) is 0 Å². The van der Waals surface area contributed by atoms with Crippen molar-refractivity contribution in [2.24, 2.45) is 0 Å². The SMILES string of the molecule is N#Cc1cc(F)c(-c2ccc(-c3nc4cc(-c5ccccc5C#N)ccc4c4c3ccc3nsnc34)cc2)c(F)c1. The molecule has 8 heteroatoms. The number of nitriles is 2. The lowest BCUT2D eigenvalue weighted by molar-refractivity contribution is 0.589. The molecule has 0 aliphatic carbocycles. The summed E-state index contributed by atoms with van der Waals surface area (Å²) in [6.07, 6.45) is 0. The lowest BCUT2D eigenvalue weighted by Gasteiger charge is -2.13. The highest BCUT2D eigenvalue weighted by atomic mass is 32.1. The zero-order chi connectivity index (χ0) is 28.1. The summed E-state index contributed by atoms with van der Waals surface area (Å²) in [4.78, 5) is 5.05. The second kappa shape index (κ2) is 9.56. The van der Waals surface area contributed by atoms with Crippen LogP contribution in [0, 0.1) is 34.3 Å². The van der Waals surface area contributed by atoms with Gasteiger partial charge in [0.25, 0.3) is 0 Å². The number of hydrogen-bond donors (Lipinski definition) is 0. The summed E-state index contributed by atoms with van der Waals surface area (Å²) in [6.45, 7) is 0. The Balaban J connectivity index is 1.45. The Labute approximate surface area is 236 Å². The highest BCUT2D eigenvalue weighted by Crippen LogP contribution is 2.39. The summed E-state index contributed by atoms with van der Waals surface area (Å²) < 4.78 is 38.4. The molecule has 5 nitrogen and oxygen atoms in total. The molecule has 2 aromatic heterocycles. The Kier molecular flexibility index (Phi) is 5.71. The first-order valence-electron chi connectivity index (χ1n) is 12.5. The van der Waals surface area contributed by atoms with Gasteiger partial charge in [-0.15, -0.1) is 0 Å². The number of pyridine rings is 1. The van der Waals surface area contributed by atoms with Gasteiger partial charge < -0.3 is 0 Å². The minimum Gasteiger partial charge on any atom is -0.247 e. The van der Waals surface area contributed by atoms with Crippen LogP contribution < -0.4 is 0 Å². The first kappa shape index (κ1) is 24.5. The van der Waals surface area contributed by atoms with E-state index in [2.05, 4.69) is 14.8 Å². The molecule has 0 radical (unpaired) electrons. The number of fused-ring (bicyclic) bond motifs is 5. The standard InChI is InChI=1S/C33H15F2N5S/c34-26-13-18(16-36)14-27(35)30(26)19-5-7-20(8-6-19)32-25-11-12-28-33(40-41-39-28)31(25)24-10-9-21(15-29(24)38-32)23-4-2-1-3-22(23)17-37/h1-15H. The molecule has 0 saturated carbocycles. The number of rotatable bonds is 3. The second-order valence-corrected chi connectivity index (χ2v) is 10.0. The van der Waals surface area contributed by atoms with Gasteiger partial charge in [0.15, 0.2) is 0 Å². The number of hydrogen-bond acceptors (Lipinski definition) is 6. The monoisotopic (exact) mass is 551 g/mol. The molecule has 0 spiro atoms. The van der Waals surface area contributed by atoms with Crippen LogP contribution in [0.1, 0.15) is 11.1 Å². The van der Waals surface area contributed by atoms with Crippen LogP contribution in [-0.2, 0) is 0 Å². The molecule has 0 N–H and O–H groups in total. The molecule has 0 bridgehead atoms. The first-order chi connectivity index (χ1) is 20.1. The van der Waals surface area contributed by atoms with E-state index in [0.29, 0.717) is 22.3 Å². The Morgan fingerprint density at radius 3 is 2.12 bits per heavy atom. The normalized spacial score (nSPS) is 11.1. The molecule has 2 heterocycles. The van der Waals surface area contributed by atoms with Gasteiger partial charge in [0, 0.05) is 21.7 Å². The van der Waals surface area contributed by atoms with Crippen LogP contribution in [0.4, 0.5) is 8.78 Å². The van der Waals surface area contributed by atoms with Crippen molar-refractivity contribution in [2.75, 3.05) is 0 Å². The first-order valence-corrected chi connectivity index (χ1v) is 13.3. The number of aromatic nitrogens is 3. The van der Waals surface area contributed by atoms with Crippen LogP contribution in [-0.4, -0.2) is 13.7 Å². The largest absolute Gasteiger partial charge is 0.247 e. The van der Waals surface area contributed by atoms with Gasteiger partial charge in [-0.25, -0.2) is 13.8 Å². The summed E-state index contributed by atoms with van der Waals surface area (Å²) in [7, 11) is 0. The topological polar surface area (TPSA) is 86.2 Å². The molecule has 0 saturated heterocycles. The van der Waals surface area contributed by atoms with Crippen LogP contribution in [0.3, 0.4) is 0 Å². The van der Waals surface area contributed by atoms with E-state index in [1.165, 1.54) is 0 Å². The fraction of sp³-hybridized carbons (Fsp3) is 0. The van der Waals surface area contributed by atoms with E-state index in [-0.39, 0.29) is 11.1 Å². The van der Waals surface area contributed by atoms with E-state index < -0.39 is 11.6 Å². The van der Waals surface area contributed by atoms with Crippen molar-refractivity contribution < 1.29 is 8.78 Å². The zero-order valence-electron chi connectivity index (χ0n) is 21.1. The molecule has 7 rings (SSSR count). The van der Waals surface area contributed by atoms with Crippen LogP contribution in [0.5, 0.6) is 0 Å². The zero-order valence-corrected chi connectivity index (χ0v) is 21.9. The van der Waals surface area contributed by atoms with Crippen molar-refractivity contribution >= 4 is 44.4 Å². The van der Waals surface area contributed by atoms with Crippen LogP contribution in [0.25, 0.3) is 66.2 Å². The molecule has 41 heavy (non-hydrogen) atoms. The van der Waals surface area contributed by atoms with Crippen molar-refractivity contribution in [1.82, 2.24) is 13.7 Å². The molecule has 192 valence electrons. The van der Waals surface area contributed by atoms with E-state index >= 15 is 0 Å². The fourth-order valence-corrected chi connectivity index (χ4v) is 5.81. The van der Waals surface area contributed by atoms with Crippen molar-refractivity contribution in [3.05, 3.63) is 114 Å². The third-order valence-corrected chi connectivity index (χ3v) is 7.70. The van der Waals surface area contributed by atoms with E-state index in [4.69, 9.17) is 10.2 Å². The maximum absolute atomic E-state index is 14.7. The molecule has 0 unspecified atom stereocenters. The Morgan fingerprint density at radius 1 is 0.659 bits per heavy atom. The molecular formula is C33H15F2N5S. The van der Waals surface area contributed by atoms with Crippen molar-refractivity contribution in [1.29, 1.82) is 10.5 Å². The quantitative estimate of drug-likeness (QED) is 0.206. The van der Waals surface area contributed by atoms with E-state index in [1.807, 2.05) is 48.5 Å². The number of halogens is 2. The lowest BCUT2D eigenvalue weighted by atomic mass is 9.94. The van der Waals surface area contributed by atoms with E-state index in [1.54, 1.807) is 36.4 Å². The second-order valence-electron chi connectivity index (χ2n) is 9.47. The van der Waals surface area contributed by atoms with Gasteiger partial charge in [0.2, 0.25) is 0 Å². The summed E-state index contributed by atoms with van der Waals surface area (Å²) in [5.74, 6) is -1.60. The Morgan fingerprint density at radius 2 is 1.37 bits per heavy atom. The third-order valence-electron chi connectivity index (χ3n) is 7.16. The third kappa shape index (κ3) is 3.98. The summed E-state index contributed by atoms with van der Waals surface area (Å²) >= 11 is 1.14. The summed E-state index contributed by atoms with van der Waals surface area (Å²) in [5, 5.41) is 21.3. The Hall–Kier alpha value is -5.57. The van der Waals surface area contributed by atoms with Gasteiger partial charge >= 0.3 is 0 Å². The van der Waals surface area contributed by atoms with Crippen molar-refractivity contribution in [2.45, 2.75) is 0 Å². The van der Waals surface area contributed by atoms with Gasteiger partial charge in [0.05, 0.1) is 51.8 Å². The highest BCUT2D eigenvalue weighted by Gasteiger charge is 2.18. The van der Waals surface area contributed by atoms with Crippen molar-refractivity contribution in [3.63, 3.8) is 0 Å².